The van der Waals surface area contributed by atoms with E-state index in [2.05, 4.69) is 0 Å². The van der Waals surface area contributed by atoms with Gasteiger partial charge in [-0.15, -0.1) is 0 Å². The largest absolute Gasteiger partial charge is 0.493 e. The molecule has 0 bridgehead atoms. The maximum absolute atomic E-state index is 13.4. The maximum Gasteiger partial charge on any atom is 0.416 e. The van der Waals surface area contributed by atoms with Crippen LogP contribution in [-0.2, 0) is 17.1 Å². The van der Waals surface area contributed by atoms with Crippen LogP contribution < -0.4 is 4.74 Å². The van der Waals surface area contributed by atoms with Gasteiger partial charge in [-0.1, -0.05) is 19.1 Å². The van der Waals surface area contributed by atoms with Crippen LogP contribution >= 0.6 is 0 Å². The van der Waals surface area contributed by atoms with Crippen LogP contribution in [0.4, 0.5) is 26.3 Å². The lowest BCUT2D eigenvalue weighted by Gasteiger charge is -2.21. The van der Waals surface area contributed by atoms with Gasteiger partial charge in [-0.25, -0.2) is 0 Å². The van der Waals surface area contributed by atoms with Gasteiger partial charge in [-0.2, -0.15) is 26.3 Å². The number of hydrogen-bond donors (Lipinski definition) is 1. The third kappa shape index (κ3) is 5.33. The van der Waals surface area contributed by atoms with E-state index in [0.717, 1.165) is 18.4 Å². The van der Waals surface area contributed by atoms with Gasteiger partial charge >= 0.3 is 18.3 Å². The highest BCUT2D eigenvalue weighted by Crippen LogP contribution is 2.52. The number of aliphatic carboxylic acids is 1. The average Bonchev–Trinajstić information content (AvgIpc) is 3.66. The second kappa shape index (κ2) is 8.82. The summed E-state index contributed by atoms with van der Waals surface area (Å²) in [5, 5.41) is 9.45. The van der Waals surface area contributed by atoms with Gasteiger partial charge in [0.15, 0.2) is 0 Å². The first-order valence-electron chi connectivity index (χ1n) is 11.1. The number of hydrogen-bond acceptors (Lipinski definition) is 2. The molecule has 2 aromatic carbocycles. The van der Waals surface area contributed by atoms with Crippen LogP contribution in [-0.4, -0.2) is 17.7 Å². The molecule has 3 nitrogen and oxygen atoms in total. The SMILES string of the molecule is C[C@H](C(=O)O)[C@H](c1cccc(OC[C@H]2C[C@@H]2c2cc(C(F)(F)F)ccc2C(F)(F)F)c1)C1CC1. The molecule has 0 aromatic heterocycles. The zero-order valence-corrected chi connectivity index (χ0v) is 18.3. The Bertz CT molecular complexity index is 1060. The smallest absolute Gasteiger partial charge is 0.416 e. The van der Waals surface area contributed by atoms with E-state index in [0.29, 0.717) is 30.4 Å². The predicted octanol–water partition coefficient (Wildman–Crippen LogP) is 7.12. The topological polar surface area (TPSA) is 46.5 Å². The molecule has 2 aromatic rings. The minimum Gasteiger partial charge on any atom is -0.493 e. The lowest BCUT2D eigenvalue weighted by Crippen LogP contribution is -2.20. The van der Waals surface area contributed by atoms with E-state index in [9.17, 15) is 36.2 Å². The Morgan fingerprint density at radius 2 is 1.76 bits per heavy atom. The van der Waals surface area contributed by atoms with Crippen molar-refractivity contribution in [3.05, 3.63) is 64.7 Å². The molecule has 0 heterocycles. The van der Waals surface area contributed by atoms with Crippen LogP contribution in [0.5, 0.6) is 5.75 Å². The van der Waals surface area contributed by atoms with E-state index in [-0.39, 0.29) is 29.9 Å². The van der Waals surface area contributed by atoms with Crippen molar-refractivity contribution < 1.29 is 41.0 Å². The Morgan fingerprint density at radius 1 is 1.06 bits per heavy atom. The molecule has 2 saturated carbocycles. The van der Waals surface area contributed by atoms with Gasteiger partial charge in [0.2, 0.25) is 0 Å². The van der Waals surface area contributed by atoms with Gasteiger partial charge in [0.1, 0.15) is 5.75 Å². The zero-order valence-electron chi connectivity index (χ0n) is 18.3. The highest BCUT2D eigenvalue weighted by molar-refractivity contribution is 5.71. The number of carbonyl (C=O) groups is 1. The van der Waals surface area contributed by atoms with Crippen molar-refractivity contribution in [2.75, 3.05) is 6.61 Å². The highest BCUT2D eigenvalue weighted by atomic mass is 19.4. The Hall–Kier alpha value is -2.71. The molecular weight excluding hydrogens is 462 g/mol. The minimum absolute atomic E-state index is 0.0598. The monoisotopic (exact) mass is 486 g/mol. The van der Waals surface area contributed by atoms with Crippen LogP contribution in [0.25, 0.3) is 0 Å². The standard InChI is InChI=1S/C25H24F6O3/c1-13(23(32)33)22(14-5-6-14)15-3-2-4-18(9-15)34-12-16-10-19(16)20-11-17(24(26,27)28)7-8-21(20)25(29,30)31/h2-4,7-9,11,13-14,16,19,22H,5-6,10,12H2,1H3,(H,32,33)/t13-,16+,19-,22-/m0/s1. The lowest BCUT2D eigenvalue weighted by molar-refractivity contribution is -0.142. The van der Waals surface area contributed by atoms with Crippen LogP contribution in [0.2, 0.25) is 0 Å². The summed E-state index contributed by atoms with van der Waals surface area (Å²) in [6.45, 7) is 1.73. The van der Waals surface area contributed by atoms with E-state index in [1.807, 2.05) is 6.07 Å². The van der Waals surface area contributed by atoms with Gasteiger partial charge in [0.05, 0.1) is 23.7 Å². The number of carboxylic acid groups (broad SMARTS) is 1. The summed E-state index contributed by atoms with van der Waals surface area (Å²) in [5.41, 5.74) is -1.67. The zero-order chi connectivity index (χ0) is 24.8. The second-order valence-electron chi connectivity index (χ2n) is 9.27. The molecule has 0 radical (unpaired) electrons. The predicted molar refractivity (Wildman–Crippen MR) is 111 cm³/mol. The van der Waals surface area contributed by atoms with Crippen LogP contribution in [0.15, 0.2) is 42.5 Å². The molecule has 0 spiro atoms. The van der Waals surface area contributed by atoms with E-state index in [1.165, 1.54) is 0 Å². The van der Waals surface area contributed by atoms with Crippen LogP contribution in [0.3, 0.4) is 0 Å². The number of halogens is 6. The summed E-state index contributed by atoms with van der Waals surface area (Å²) in [5.74, 6) is -1.88. The first kappa shape index (κ1) is 24.4. The molecular formula is C25H24F6O3. The lowest BCUT2D eigenvalue weighted by atomic mass is 9.83. The van der Waals surface area contributed by atoms with E-state index >= 15 is 0 Å². The molecule has 184 valence electrons. The highest BCUT2D eigenvalue weighted by Gasteiger charge is 2.46. The molecule has 0 amide bonds. The first-order valence-corrected chi connectivity index (χ1v) is 11.1. The molecule has 2 aliphatic carbocycles. The number of carboxylic acids is 1. The Kier molecular flexibility index (Phi) is 6.33. The fourth-order valence-corrected chi connectivity index (χ4v) is 4.71. The number of alkyl halides is 6. The van der Waals surface area contributed by atoms with Crippen molar-refractivity contribution in [2.24, 2.45) is 17.8 Å². The first-order chi connectivity index (χ1) is 15.9. The normalized spacial score (nSPS) is 22.2. The number of ether oxygens (including phenoxy) is 1. The molecule has 9 heteroatoms. The Balaban J connectivity index is 1.47. The quantitative estimate of drug-likeness (QED) is 0.404. The fourth-order valence-electron chi connectivity index (χ4n) is 4.71. The molecule has 2 aliphatic rings. The molecule has 0 unspecified atom stereocenters. The number of benzene rings is 2. The van der Waals surface area contributed by atoms with Crippen molar-refractivity contribution in [2.45, 2.75) is 50.4 Å². The summed E-state index contributed by atoms with van der Waals surface area (Å²) in [7, 11) is 0. The second-order valence-corrected chi connectivity index (χ2v) is 9.27. The van der Waals surface area contributed by atoms with E-state index < -0.39 is 41.3 Å². The van der Waals surface area contributed by atoms with Crippen molar-refractivity contribution in [3.63, 3.8) is 0 Å². The summed E-state index contributed by atoms with van der Waals surface area (Å²) < 4.78 is 85.2. The maximum atomic E-state index is 13.4. The van der Waals surface area contributed by atoms with Crippen molar-refractivity contribution >= 4 is 5.97 Å². The average molecular weight is 486 g/mol. The molecule has 34 heavy (non-hydrogen) atoms. The van der Waals surface area contributed by atoms with Gasteiger partial charge < -0.3 is 9.84 Å². The van der Waals surface area contributed by atoms with Gasteiger partial charge in [-0.05, 0) is 78.5 Å². The van der Waals surface area contributed by atoms with Crippen molar-refractivity contribution in [1.29, 1.82) is 0 Å². The Labute approximate surface area is 192 Å². The summed E-state index contributed by atoms with van der Waals surface area (Å²) in [4.78, 5) is 11.5. The van der Waals surface area contributed by atoms with Crippen LogP contribution in [0, 0.1) is 17.8 Å². The summed E-state index contributed by atoms with van der Waals surface area (Å²) in [6.07, 6.45) is -7.28. The van der Waals surface area contributed by atoms with E-state index in [4.69, 9.17) is 4.74 Å². The molecule has 0 saturated heterocycles. The third-order valence-corrected chi connectivity index (χ3v) is 6.77. The summed E-state index contributed by atoms with van der Waals surface area (Å²) in [6, 6.07) is 8.58. The van der Waals surface area contributed by atoms with Crippen LogP contribution in [0.1, 0.15) is 60.3 Å². The van der Waals surface area contributed by atoms with Crippen molar-refractivity contribution in [3.8, 4) is 5.75 Å². The fraction of sp³-hybridized carbons (Fsp3) is 0.480. The summed E-state index contributed by atoms with van der Waals surface area (Å²) >= 11 is 0. The third-order valence-electron chi connectivity index (χ3n) is 6.77. The molecule has 2 fully saturated rings. The van der Waals surface area contributed by atoms with E-state index in [1.54, 1.807) is 25.1 Å². The Morgan fingerprint density at radius 3 is 2.35 bits per heavy atom. The minimum atomic E-state index is -4.75. The number of rotatable bonds is 8. The molecule has 4 rings (SSSR count). The van der Waals surface area contributed by atoms with Crippen molar-refractivity contribution in [1.82, 2.24) is 0 Å². The van der Waals surface area contributed by atoms with Gasteiger partial charge in [0, 0.05) is 5.92 Å². The van der Waals surface area contributed by atoms with Gasteiger partial charge in [-0.3, -0.25) is 4.79 Å². The van der Waals surface area contributed by atoms with Gasteiger partial charge in [0.25, 0.3) is 0 Å². The molecule has 0 aliphatic heterocycles. The molecule has 4 atom stereocenters. The molecule has 1 N–H and O–H groups in total.